The Kier molecular flexibility index (Phi) is 6.54. The average Bonchev–Trinajstić information content (AvgIpc) is 2.61. The minimum absolute atomic E-state index is 0.0394. The Morgan fingerprint density at radius 2 is 1.73 bits per heavy atom. The van der Waals surface area contributed by atoms with Gasteiger partial charge in [-0.05, 0) is 35.4 Å². The van der Waals surface area contributed by atoms with E-state index in [0.717, 1.165) is 0 Å². The number of aliphatic carboxylic acids is 1. The Bertz CT molecular complexity index is 776. The Balaban J connectivity index is 2.11. The fraction of sp³-hybridized carbons (Fsp3) is 0.263. The van der Waals surface area contributed by atoms with Crippen molar-refractivity contribution in [2.45, 2.75) is 18.9 Å². The van der Waals surface area contributed by atoms with Crippen LogP contribution >= 0.6 is 0 Å². The summed E-state index contributed by atoms with van der Waals surface area (Å²) >= 11 is 0. The summed E-state index contributed by atoms with van der Waals surface area (Å²) in [6.45, 7) is 0. The molecule has 0 aliphatic heterocycles. The van der Waals surface area contributed by atoms with Gasteiger partial charge in [0.05, 0.1) is 33.1 Å². The van der Waals surface area contributed by atoms with Crippen molar-refractivity contribution in [3.05, 3.63) is 59.4 Å². The molecule has 7 heteroatoms. The van der Waals surface area contributed by atoms with E-state index in [-0.39, 0.29) is 18.7 Å². The predicted octanol–water partition coefficient (Wildman–Crippen LogP) is 2.72. The van der Waals surface area contributed by atoms with Gasteiger partial charge in [-0.25, -0.2) is 4.39 Å². The second-order valence-corrected chi connectivity index (χ2v) is 5.64. The quantitative estimate of drug-likeness (QED) is 0.755. The van der Waals surface area contributed by atoms with Crippen LogP contribution in [0.3, 0.4) is 0 Å². The molecule has 0 spiro atoms. The third-order valence-electron chi connectivity index (χ3n) is 3.80. The first kappa shape index (κ1) is 19.2. The molecule has 1 atom stereocenters. The number of nitrogens with one attached hydrogen (secondary N) is 1. The molecular formula is C19H20FNO5. The van der Waals surface area contributed by atoms with Crippen LogP contribution in [-0.2, 0) is 16.0 Å². The highest BCUT2D eigenvalue weighted by atomic mass is 19.1. The smallest absolute Gasteiger partial charge is 0.305 e. The van der Waals surface area contributed by atoms with Crippen LogP contribution in [0.5, 0.6) is 11.5 Å². The molecule has 0 saturated carbocycles. The van der Waals surface area contributed by atoms with Crippen LogP contribution < -0.4 is 14.8 Å². The summed E-state index contributed by atoms with van der Waals surface area (Å²) in [5, 5.41) is 11.8. The largest absolute Gasteiger partial charge is 0.493 e. The Hall–Kier alpha value is -3.09. The second kappa shape index (κ2) is 8.84. The first-order valence-corrected chi connectivity index (χ1v) is 7.90. The lowest BCUT2D eigenvalue weighted by atomic mass is 10.0. The molecule has 26 heavy (non-hydrogen) atoms. The van der Waals surface area contributed by atoms with Crippen LogP contribution in [0, 0.1) is 5.82 Å². The van der Waals surface area contributed by atoms with Gasteiger partial charge in [0.2, 0.25) is 5.91 Å². The summed E-state index contributed by atoms with van der Waals surface area (Å²) in [5.41, 5.74) is 1.21. The van der Waals surface area contributed by atoms with Gasteiger partial charge < -0.3 is 19.9 Å². The Labute approximate surface area is 150 Å². The van der Waals surface area contributed by atoms with Gasteiger partial charge in [0, 0.05) is 0 Å². The predicted molar refractivity (Wildman–Crippen MR) is 92.8 cm³/mol. The van der Waals surface area contributed by atoms with E-state index in [9.17, 15) is 14.0 Å². The van der Waals surface area contributed by atoms with Crippen molar-refractivity contribution >= 4 is 11.9 Å². The number of rotatable bonds is 8. The van der Waals surface area contributed by atoms with E-state index in [0.29, 0.717) is 22.6 Å². The number of benzene rings is 2. The maximum absolute atomic E-state index is 13.1. The second-order valence-electron chi connectivity index (χ2n) is 5.64. The van der Waals surface area contributed by atoms with Crippen molar-refractivity contribution in [3.63, 3.8) is 0 Å². The molecular weight excluding hydrogens is 341 g/mol. The fourth-order valence-corrected chi connectivity index (χ4v) is 2.54. The first-order valence-electron chi connectivity index (χ1n) is 7.90. The van der Waals surface area contributed by atoms with Gasteiger partial charge in [-0.2, -0.15) is 0 Å². The maximum atomic E-state index is 13.1. The SMILES string of the molecule is COc1ccc(CC(=O)N[C@@H](CC(=O)O)c2ccc(F)cc2)cc1OC. The molecule has 0 heterocycles. The molecule has 2 N–H and O–H groups in total. The molecule has 0 unspecified atom stereocenters. The van der Waals surface area contributed by atoms with E-state index in [1.54, 1.807) is 18.2 Å². The van der Waals surface area contributed by atoms with Crippen LogP contribution in [0.1, 0.15) is 23.6 Å². The minimum atomic E-state index is -1.06. The molecule has 0 saturated heterocycles. The van der Waals surface area contributed by atoms with Gasteiger partial charge in [-0.3, -0.25) is 9.59 Å². The van der Waals surface area contributed by atoms with Gasteiger partial charge in [-0.15, -0.1) is 0 Å². The summed E-state index contributed by atoms with van der Waals surface area (Å²) < 4.78 is 23.4. The molecule has 0 radical (unpaired) electrons. The zero-order valence-electron chi connectivity index (χ0n) is 14.5. The highest BCUT2D eigenvalue weighted by molar-refractivity contribution is 5.80. The molecule has 2 aromatic rings. The van der Waals surface area contributed by atoms with Crippen LogP contribution in [0.2, 0.25) is 0 Å². The van der Waals surface area contributed by atoms with Crippen LogP contribution in [-0.4, -0.2) is 31.2 Å². The molecule has 1 amide bonds. The molecule has 6 nitrogen and oxygen atoms in total. The maximum Gasteiger partial charge on any atom is 0.305 e. The Morgan fingerprint density at radius 3 is 2.31 bits per heavy atom. The summed E-state index contributed by atoms with van der Waals surface area (Å²) in [7, 11) is 3.02. The number of hydrogen-bond donors (Lipinski definition) is 2. The zero-order chi connectivity index (χ0) is 19.1. The number of carbonyl (C=O) groups excluding carboxylic acids is 1. The normalized spacial score (nSPS) is 11.5. The molecule has 2 rings (SSSR count). The van der Waals surface area contributed by atoms with Crippen molar-refractivity contribution < 1.29 is 28.6 Å². The highest BCUT2D eigenvalue weighted by Gasteiger charge is 2.19. The Morgan fingerprint density at radius 1 is 1.08 bits per heavy atom. The lowest BCUT2D eigenvalue weighted by Gasteiger charge is -2.18. The zero-order valence-corrected chi connectivity index (χ0v) is 14.5. The summed E-state index contributed by atoms with van der Waals surface area (Å²) in [4.78, 5) is 23.4. The third kappa shape index (κ3) is 5.20. The van der Waals surface area contributed by atoms with E-state index >= 15 is 0 Å². The minimum Gasteiger partial charge on any atom is -0.493 e. The van der Waals surface area contributed by atoms with Crippen LogP contribution in [0.25, 0.3) is 0 Å². The molecule has 0 fully saturated rings. The van der Waals surface area contributed by atoms with E-state index in [1.807, 2.05) is 0 Å². The van der Waals surface area contributed by atoms with E-state index in [2.05, 4.69) is 5.32 Å². The van der Waals surface area contributed by atoms with E-state index in [4.69, 9.17) is 14.6 Å². The molecule has 0 aromatic heterocycles. The van der Waals surface area contributed by atoms with Crippen molar-refractivity contribution in [2.24, 2.45) is 0 Å². The number of carboxylic acid groups (broad SMARTS) is 1. The van der Waals surface area contributed by atoms with Crippen molar-refractivity contribution in [1.82, 2.24) is 5.32 Å². The molecule has 0 aliphatic rings. The van der Waals surface area contributed by atoms with Gasteiger partial charge in [-0.1, -0.05) is 18.2 Å². The monoisotopic (exact) mass is 361 g/mol. The number of carboxylic acids is 1. The van der Waals surface area contributed by atoms with Crippen LogP contribution in [0.15, 0.2) is 42.5 Å². The highest BCUT2D eigenvalue weighted by Crippen LogP contribution is 2.27. The molecule has 0 aliphatic carbocycles. The van der Waals surface area contributed by atoms with Crippen LogP contribution in [0.4, 0.5) is 4.39 Å². The van der Waals surface area contributed by atoms with E-state index < -0.39 is 17.8 Å². The molecule has 138 valence electrons. The summed E-state index contributed by atoms with van der Waals surface area (Å²) in [6.07, 6.45) is -0.263. The fourth-order valence-electron chi connectivity index (χ4n) is 2.54. The van der Waals surface area contributed by atoms with Crippen molar-refractivity contribution in [2.75, 3.05) is 14.2 Å². The number of carbonyl (C=O) groups is 2. The summed E-state index contributed by atoms with van der Waals surface area (Å²) in [5.74, 6) is -0.803. The number of amides is 1. The topological polar surface area (TPSA) is 84.9 Å². The van der Waals surface area contributed by atoms with Crippen molar-refractivity contribution in [3.8, 4) is 11.5 Å². The molecule has 2 aromatic carbocycles. The molecule has 0 bridgehead atoms. The first-order chi connectivity index (χ1) is 12.4. The lowest BCUT2D eigenvalue weighted by Crippen LogP contribution is -2.31. The third-order valence-corrected chi connectivity index (χ3v) is 3.80. The number of hydrogen-bond acceptors (Lipinski definition) is 4. The average molecular weight is 361 g/mol. The number of halogens is 1. The van der Waals surface area contributed by atoms with E-state index in [1.165, 1.54) is 38.5 Å². The van der Waals surface area contributed by atoms with Gasteiger partial charge in [0.15, 0.2) is 11.5 Å². The van der Waals surface area contributed by atoms with Crippen molar-refractivity contribution in [1.29, 1.82) is 0 Å². The van der Waals surface area contributed by atoms with Gasteiger partial charge in [0.25, 0.3) is 0 Å². The number of methoxy groups -OCH3 is 2. The van der Waals surface area contributed by atoms with Gasteiger partial charge in [0.1, 0.15) is 5.82 Å². The lowest BCUT2D eigenvalue weighted by molar-refractivity contribution is -0.137. The van der Waals surface area contributed by atoms with Gasteiger partial charge >= 0.3 is 5.97 Å². The number of ether oxygens (including phenoxy) is 2. The summed E-state index contributed by atoms with van der Waals surface area (Å²) in [6, 6.07) is 9.72. The standard InChI is InChI=1S/C19H20FNO5/c1-25-16-8-3-12(9-17(16)26-2)10-18(22)21-15(11-19(23)24)13-4-6-14(20)7-5-13/h3-9,15H,10-11H2,1-2H3,(H,21,22)(H,23,24)/t15-/m0/s1.